The molecule has 3 rings (SSSR count). The molecule has 1 fully saturated rings. The van der Waals surface area contributed by atoms with Gasteiger partial charge in [0.15, 0.2) is 29.0 Å². The van der Waals surface area contributed by atoms with Crippen LogP contribution in [0.2, 0.25) is 0 Å². The summed E-state index contributed by atoms with van der Waals surface area (Å²) in [6, 6.07) is -3.55. The van der Waals surface area contributed by atoms with Crippen molar-refractivity contribution in [3.63, 3.8) is 0 Å². The van der Waals surface area contributed by atoms with E-state index in [1.807, 2.05) is 0 Å². The molecule has 16 heteroatoms. The minimum atomic E-state index is -2.42. The van der Waals surface area contributed by atoms with Gasteiger partial charge in [-0.2, -0.15) is 0 Å². The molecule has 7 atom stereocenters. The highest BCUT2D eigenvalue weighted by molar-refractivity contribution is 5.98. The van der Waals surface area contributed by atoms with Crippen LogP contribution in [0.5, 0.6) is 5.75 Å². The summed E-state index contributed by atoms with van der Waals surface area (Å²) in [5.74, 6) is -17.8. The first-order chi connectivity index (χ1) is 20.6. The topological polar surface area (TPSA) is 170 Å². The maximum absolute atomic E-state index is 14.6. The van der Waals surface area contributed by atoms with E-state index >= 15 is 0 Å². The third-order valence-corrected chi connectivity index (χ3v) is 7.62. The summed E-state index contributed by atoms with van der Waals surface area (Å²) in [5, 5.41) is 30.7. The lowest BCUT2D eigenvalue weighted by atomic mass is 9.89. The Morgan fingerprint density at radius 3 is 2.11 bits per heavy atom. The number of carbonyl (C=O) groups is 4. The van der Waals surface area contributed by atoms with Gasteiger partial charge in [-0.15, -0.1) is 0 Å². The average Bonchev–Trinajstić information content (AvgIpc) is 2.99. The van der Waals surface area contributed by atoms with Gasteiger partial charge in [0.05, 0.1) is 24.1 Å². The Bertz CT molecular complexity index is 1420. The van der Waals surface area contributed by atoms with E-state index in [0.717, 1.165) is 6.07 Å². The Morgan fingerprint density at radius 1 is 0.955 bits per heavy atom. The molecule has 1 aromatic heterocycles. The zero-order valence-corrected chi connectivity index (χ0v) is 24.1. The number of halogens is 5. The number of nitrogens with one attached hydrogen (secondary N) is 4. The van der Waals surface area contributed by atoms with Crippen LogP contribution in [-0.4, -0.2) is 69.1 Å². The van der Waals surface area contributed by atoms with Gasteiger partial charge in [-0.3, -0.25) is 19.2 Å². The Kier molecular flexibility index (Phi) is 10.8. The zero-order chi connectivity index (χ0) is 33.0. The molecule has 44 heavy (non-hydrogen) atoms. The molecular weight excluding hydrogens is 597 g/mol. The van der Waals surface area contributed by atoms with Crippen molar-refractivity contribution in [3.8, 4) is 5.75 Å². The minimum Gasteiger partial charge on any atom is -0.505 e. The predicted molar refractivity (Wildman–Crippen MR) is 143 cm³/mol. The molecule has 0 aliphatic carbocycles. The van der Waals surface area contributed by atoms with Gasteiger partial charge in [0.25, 0.3) is 5.91 Å². The first kappa shape index (κ1) is 34.2. The molecule has 2 heterocycles. The summed E-state index contributed by atoms with van der Waals surface area (Å²) in [7, 11) is 0. The number of hydrogen-bond donors (Lipinski definition) is 6. The van der Waals surface area contributed by atoms with Crippen molar-refractivity contribution >= 4 is 23.6 Å². The number of pyridine rings is 1. The minimum absolute atomic E-state index is 0.395. The van der Waals surface area contributed by atoms with E-state index in [-0.39, 0.29) is 0 Å². The molecule has 1 aromatic carbocycles. The predicted octanol–water partition coefficient (Wildman–Crippen LogP) is 1.35. The second-order valence-corrected chi connectivity index (χ2v) is 10.6. The fourth-order valence-electron chi connectivity index (χ4n) is 4.67. The number of rotatable bonds is 6. The molecule has 6 N–H and O–H groups in total. The summed E-state index contributed by atoms with van der Waals surface area (Å²) < 4.78 is 70.9. The highest BCUT2D eigenvalue weighted by Crippen LogP contribution is 2.26. The lowest BCUT2D eigenvalue weighted by molar-refractivity contribution is -0.137. The van der Waals surface area contributed by atoms with Crippen LogP contribution in [0.1, 0.15) is 50.2 Å². The Hall–Kier alpha value is -4.34. The molecule has 11 nitrogen and oxygen atoms in total. The largest absolute Gasteiger partial charge is 0.505 e. The quantitative estimate of drug-likeness (QED) is 0.159. The van der Waals surface area contributed by atoms with E-state index in [2.05, 4.69) is 26.3 Å². The third kappa shape index (κ3) is 7.06. The number of aliphatic hydroxyl groups excluding tert-OH is 1. The second-order valence-electron chi connectivity index (χ2n) is 10.6. The number of carbonyl (C=O) groups excluding carboxylic acids is 4. The van der Waals surface area contributed by atoms with Crippen molar-refractivity contribution in [2.24, 2.45) is 11.8 Å². The first-order valence-electron chi connectivity index (χ1n) is 13.6. The van der Waals surface area contributed by atoms with Gasteiger partial charge >= 0.3 is 0 Å². The molecule has 2 unspecified atom stereocenters. The van der Waals surface area contributed by atoms with Gasteiger partial charge in [-0.25, -0.2) is 26.9 Å². The fourth-order valence-corrected chi connectivity index (χ4v) is 4.67. The Balaban J connectivity index is 2.11. The molecule has 1 saturated heterocycles. The summed E-state index contributed by atoms with van der Waals surface area (Å²) in [6.45, 7) is 5.85. The summed E-state index contributed by atoms with van der Waals surface area (Å²) in [6.07, 6.45) is -1.60. The number of amides is 4. The van der Waals surface area contributed by atoms with E-state index in [0.29, 0.717) is 6.42 Å². The van der Waals surface area contributed by atoms with E-state index in [9.17, 15) is 51.3 Å². The molecule has 2 aromatic rings. The number of aromatic nitrogens is 1. The number of benzene rings is 1. The molecule has 0 saturated carbocycles. The highest BCUT2D eigenvalue weighted by Gasteiger charge is 2.40. The number of hydrogen-bond acceptors (Lipinski definition) is 7. The van der Waals surface area contributed by atoms with Gasteiger partial charge < -0.3 is 31.5 Å². The molecule has 4 amide bonds. The molecule has 1 aliphatic rings. The van der Waals surface area contributed by atoms with Crippen LogP contribution in [0, 0.1) is 40.9 Å². The average molecular weight is 630 g/mol. The van der Waals surface area contributed by atoms with Crippen molar-refractivity contribution in [2.75, 3.05) is 0 Å². The number of aliphatic hydroxyl groups is 1. The lowest BCUT2D eigenvalue weighted by Crippen LogP contribution is -2.64. The van der Waals surface area contributed by atoms with Crippen molar-refractivity contribution < 1.29 is 51.3 Å². The van der Waals surface area contributed by atoms with Crippen molar-refractivity contribution in [3.05, 3.63) is 58.7 Å². The Morgan fingerprint density at radius 2 is 1.55 bits per heavy atom. The lowest BCUT2D eigenvalue weighted by Gasteiger charge is -2.35. The zero-order valence-electron chi connectivity index (χ0n) is 24.1. The normalized spacial score (nSPS) is 25.5. The van der Waals surface area contributed by atoms with Crippen LogP contribution < -0.4 is 21.3 Å². The van der Waals surface area contributed by atoms with Crippen LogP contribution in [-0.2, 0) is 20.8 Å². The molecule has 1 aliphatic heterocycles. The van der Waals surface area contributed by atoms with Crippen LogP contribution in [0.15, 0.2) is 18.3 Å². The number of nitrogens with zero attached hydrogens (tertiary/aromatic N) is 1. The summed E-state index contributed by atoms with van der Waals surface area (Å²) >= 11 is 0. The van der Waals surface area contributed by atoms with Crippen molar-refractivity contribution in [1.82, 2.24) is 26.3 Å². The Labute approximate surface area is 248 Å². The van der Waals surface area contributed by atoms with Crippen molar-refractivity contribution in [1.29, 1.82) is 0 Å². The van der Waals surface area contributed by atoms with Gasteiger partial charge in [0, 0.05) is 18.2 Å². The third-order valence-electron chi connectivity index (χ3n) is 7.62. The molecule has 0 radical (unpaired) electrons. The molecule has 0 bridgehead atoms. The fraction of sp³-hybridized carbons (Fsp3) is 0.464. The van der Waals surface area contributed by atoms with Gasteiger partial charge in [-0.05, 0) is 25.0 Å². The second kappa shape index (κ2) is 14.0. The number of aromatic hydroxyl groups is 1. The van der Waals surface area contributed by atoms with Crippen LogP contribution in [0.25, 0.3) is 0 Å². The SMILES string of the molecule is CCC(C)C1NC(=O)[C@H](C)[C@H](O)[C@H](Cc2c(F)c(F)c(F)c(F)c2F)NC(=O)[C@@H](NC(=O)c2ncccc2O)[C@@H](C)NC1=O. The van der Waals surface area contributed by atoms with Gasteiger partial charge in [0.2, 0.25) is 23.5 Å². The van der Waals surface area contributed by atoms with E-state index in [4.69, 9.17) is 0 Å². The van der Waals surface area contributed by atoms with E-state index in [1.165, 1.54) is 26.1 Å². The first-order valence-corrected chi connectivity index (χ1v) is 13.6. The van der Waals surface area contributed by atoms with Crippen LogP contribution in [0.4, 0.5) is 22.0 Å². The van der Waals surface area contributed by atoms with Crippen molar-refractivity contribution in [2.45, 2.75) is 70.8 Å². The molecule has 240 valence electrons. The van der Waals surface area contributed by atoms with E-state index < -0.39 is 118 Å². The molecular formula is C28H32F5N5O6. The standard InChI is InChI=1S/C28H32F5N5O6/c1-5-10(2)21-26(42)35-12(4)22(38-28(44)23-15(39)7-6-8-34-23)27(43)36-14(24(40)11(3)25(41)37-21)9-13-16(29)18(31)20(33)19(32)17(13)30/h6-8,10-12,14,21-22,24,39-40H,5,9H2,1-4H3,(H,35,42)(H,36,43)(H,37,41)(H,38,44)/t10?,11-,12-,14+,21?,22+,24+/m1/s1. The highest BCUT2D eigenvalue weighted by atomic mass is 19.2. The smallest absolute Gasteiger partial charge is 0.274 e. The summed E-state index contributed by atoms with van der Waals surface area (Å²) in [4.78, 5) is 56.7. The molecule has 0 spiro atoms. The maximum atomic E-state index is 14.6. The monoisotopic (exact) mass is 629 g/mol. The van der Waals surface area contributed by atoms with Crippen LogP contribution in [0.3, 0.4) is 0 Å². The van der Waals surface area contributed by atoms with Gasteiger partial charge in [0.1, 0.15) is 17.8 Å². The summed E-state index contributed by atoms with van der Waals surface area (Å²) in [5.41, 5.74) is -1.87. The van der Waals surface area contributed by atoms with E-state index in [1.54, 1.807) is 13.8 Å². The van der Waals surface area contributed by atoms with Gasteiger partial charge in [-0.1, -0.05) is 27.2 Å². The maximum Gasteiger partial charge on any atom is 0.274 e. The van der Waals surface area contributed by atoms with Crippen LogP contribution >= 0.6 is 0 Å².